The number of thiazole rings is 1. The van der Waals surface area contributed by atoms with Crippen molar-refractivity contribution in [3.63, 3.8) is 0 Å². The minimum absolute atomic E-state index is 0.0986. The van der Waals surface area contributed by atoms with Gasteiger partial charge in [0.2, 0.25) is 0 Å². The van der Waals surface area contributed by atoms with Crippen LogP contribution in [0.5, 0.6) is 5.75 Å². The molecule has 0 aliphatic carbocycles. The van der Waals surface area contributed by atoms with Crippen molar-refractivity contribution in [2.45, 2.75) is 50.3 Å². The molecule has 1 N–H and O–H groups in total. The van der Waals surface area contributed by atoms with Crippen molar-refractivity contribution in [3.05, 3.63) is 81.3 Å². The molecule has 0 radical (unpaired) electrons. The van der Waals surface area contributed by atoms with E-state index in [9.17, 15) is 29.1 Å². The molecule has 7 rings (SSSR count). The van der Waals surface area contributed by atoms with E-state index in [-0.39, 0.29) is 25.1 Å². The van der Waals surface area contributed by atoms with E-state index in [1.807, 2.05) is 18.2 Å². The van der Waals surface area contributed by atoms with Crippen LogP contribution < -0.4 is 4.74 Å². The molecule has 0 spiro atoms. The Morgan fingerprint density at radius 3 is 2.43 bits per heavy atom. The average Bonchev–Trinajstić information content (AvgIpc) is 3.83. The Balaban J connectivity index is 1.22. The molecule has 4 aliphatic rings. The lowest BCUT2D eigenvalue weighted by atomic mass is 9.91. The highest BCUT2D eigenvalue weighted by Gasteiger charge is 2.44. The van der Waals surface area contributed by atoms with Crippen LogP contribution in [0.4, 0.5) is 4.79 Å². The van der Waals surface area contributed by atoms with Crippen molar-refractivity contribution < 1.29 is 33.8 Å². The van der Waals surface area contributed by atoms with Gasteiger partial charge in [-0.3, -0.25) is 24.3 Å². The van der Waals surface area contributed by atoms with Crippen molar-refractivity contribution in [1.29, 1.82) is 0 Å². The van der Waals surface area contributed by atoms with Crippen LogP contribution in [-0.4, -0.2) is 104 Å². The van der Waals surface area contributed by atoms with Crippen molar-refractivity contribution in [2.24, 2.45) is 0 Å². The van der Waals surface area contributed by atoms with E-state index < -0.39 is 35.9 Å². The van der Waals surface area contributed by atoms with Gasteiger partial charge in [-0.1, -0.05) is 24.3 Å². The summed E-state index contributed by atoms with van der Waals surface area (Å²) < 4.78 is 6.57. The zero-order chi connectivity index (χ0) is 31.9. The quantitative estimate of drug-likeness (QED) is 0.401. The molecule has 238 valence electrons. The number of carboxylic acids is 1. The minimum Gasteiger partial charge on any atom is -0.488 e. The molecule has 3 aromatic rings. The lowest BCUT2D eigenvalue weighted by Crippen LogP contribution is -2.56. The van der Waals surface area contributed by atoms with Crippen LogP contribution in [0, 0.1) is 0 Å². The second-order valence-electron chi connectivity index (χ2n) is 12.0. The minimum atomic E-state index is -1.05. The standard InChI is InChI=1S/C33H33N5O7S/c39-29-22-7-1-2-8-23(22)30(40)38(29)18-25-28-20(11-15-37(25)33(44)36-13-4-3-9-24(36)32(42)43)6-5-10-26(28)45-21-12-14-35(17-21)31(41)27-16-34-19-46-27/h1-2,5-8,10,16,19,21,24-25H,3-4,9,11-15,17-18H2,(H,42,43)/t21-,24-,25?/m0/s1. The number of hydrogen-bond acceptors (Lipinski definition) is 8. The van der Waals surface area contributed by atoms with Gasteiger partial charge in [0, 0.05) is 31.6 Å². The number of urea groups is 1. The summed E-state index contributed by atoms with van der Waals surface area (Å²) in [4.78, 5) is 76.9. The first-order chi connectivity index (χ1) is 22.3. The molecule has 5 heterocycles. The third kappa shape index (κ3) is 5.27. The van der Waals surface area contributed by atoms with Gasteiger partial charge < -0.3 is 24.5 Å². The van der Waals surface area contributed by atoms with E-state index in [4.69, 9.17) is 4.74 Å². The maximum Gasteiger partial charge on any atom is 0.326 e. The van der Waals surface area contributed by atoms with Gasteiger partial charge in [-0.15, -0.1) is 11.3 Å². The first-order valence-corrected chi connectivity index (χ1v) is 16.4. The van der Waals surface area contributed by atoms with Crippen LogP contribution in [0.2, 0.25) is 0 Å². The van der Waals surface area contributed by atoms with Crippen molar-refractivity contribution in [1.82, 2.24) is 24.6 Å². The summed E-state index contributed by atoms with van der Waals surface area (Å²) in [7, 11) is 0. The second kappa shape index (κ2) is 12.2. The lowest BCUT2D eigenvalue weighted by molar-refractivity contribution is -0.143. The predicted molar refractivity (Wildman–Crippen MR) is 166 cm³/mol. The molecule has 5 amide bonds. The van der Waals surface area contributed by atoms with E-state index in [1.165, 1.54) is 21.1 Å². The van der Waals surface area contributed by atoms with Gasteiger partial charge in [0.15, 0.2) is 0 Å². The molecule has 0 saturated carbocycles. The number of piperidine rings is 1. The Labute approximate surface area is 269 Å². The van der Waals surface area contributed by atoms with Crippen molar-refractivity contribution >= 4 is 41.1 Å². The van der Waals surface area contributed by atoms with Crippen LogP contribution in [0.3, 0.4) is 0 Å². The van der Waals surface area contributed by atoms with Gasteiger partial charge in [-0.05, 0) is 49.4 Å². The number of aromatic nitrogens is 1. The predicted octanol–water partition coefficient (Wildman–Crippen LogP) is 3.69. The highest BCUT2D eigenvalue weighted by atomic mass is 32.1. The number of hydrogen-bond donors (Lipinski definition) is 1. The Bertz CT molecular complexity index is 1680. The topological polar surface area (TPSA) is 141 Å². The van der Waals surface area contributed by atoms with E-state index >= 15 is 0 Å². The van der Waals surface area contributed by atoms with Crippen LogP contribution in [0.1, 0.15) is 73.2 Å². The molecular formula is C33H33N5O7S. The van der Waals surface area contributed by atoms with Crippen LogP contribution >= 0.6 is 11.3 Å². The van der Waals surface area contributed by atoms with Gasteiger partial charge in [-0.25, -0.2) is 9.59 Å². The number of amides is 5. The van der Waals surface area contributed by atoms with E-state index in [0.29, 0.717) is 79.1 Å². The number of imide groups is 1. The van der Waals surface area contributed by atoms with Crippen LogP contribution in [-0.2, 0) is 11.2 Å². The molecule has 2 saturated heterocycles. The number of ether oxygens (including phenoxy) is 1. The first kappa shape index (κ1) is 29.9. The van der Waals surface area contributed by atoms with Crippen molar-refractivity contribution in [3.8, 4) is 5.75 Å². The monoisotopic (exact) mass is 643 g/mol. The zero-order valence-electron chi connectivity index (χ0n) is 25.0. The number of carbonyl (C=O) groups is 5. The fourth-order valence-corrected chi connectivity index (χ4v) is 7.67. The number of benzene rings is 2. The maximum absolute atomic E-state index is 14.2. The Hall–Kier alpha value is -4.78. The molecule has 1 unspecified atom stereocenters. The Morgan fingerprint density at radius 2 is 1.72 bits per heavy atom. The number of fused-ring (bicyclic) bond motifs is 2. The zero-order valence-corrected chi connectivity index (χ0v) is 25.9. The van der Waals surface area contributed by atoms with Gasteiger partial charge in [0.25, 0.3) is 17.7 Å². The largest absolute Gasteiger partial charge is 0.488 e. The molecule has 46 heavy (non-hydrogen) atoms. The second-order valence-corrected chi connectivity index (χ2v) is 12.9. The molecule has 0 bridgehead atoms. The highest BCUT2D eigenvalue weighted by Crippen LogP contribution is 2.40. The molecule has 2 fully saturated rings. The fourth-order valence-electron chi connectivity index (χ4n) is 7.09. The molecule has 1 aromatic heterocycles. The van der Waals surface area contributed by atoms with Gasteiger partial charge in [-0.2, -0.15) is 0 Å². The summed E-state index contributed by atoms with van der Waals surface area (Å²) in [6.07, 6.45) is 4.10. The summed E-state index contributed by atoms with van der Waals surface area (Å²) in [5.41, 5.74) is 3.86. The molecule has 2 aromatic carbocycles. The normalized spacial score (nSPS) is 22.6. The van der Waals surface area contributed by atoms with Gasteiger partial charge >= 0.3 is 12.0 Å². The third-order valence-corrected chi connectivity index (χ3v) is 10.1. The van der Waals surface area contributed by atoms with Gasteiger partial charge in [0.05, 0.1) is 42.0 Å². The van der Waals surface area contributed by atoms with Crippen LogP contribution in [0.25, 0.3) is 0 Å². The number of carboxylic acid groups (broad SMARTS) is 1. The number of nitrogens with zero attached hydrogens (tertiary/aromatic N) is 5. The van der Waals surface area contributed by atoms with E-state index in [2.05, 4.69) is 4.98 Å². The molecule has 4 aliphatic heterocycles. The Morgan fingerprint density at radius 1 is 0.935 bits per heavy atom. The van der Waals surface area contributed by atoms with E-state index in [0.717, 1.165) is 5.56 Å². The number of rotatable bonds is 6. The summed E-state index contributed by atoms with van der Waals surface area (Å²) >= 11 is 1.29. The van der Waals surface area contributed by atoms with E-state index in [1.54, 1.807) is 45.8 Å². The maximum atomic E-state index is 14.2. The Kier molecular flexibility index (Phi) is 7.93. The third-order valence-electron chi connectivity index (χ3n) is 9.37. The van der Waals surface area contributed by atoms with Crippen LogP contribution in [0.15, 0.2) is 54.2 Å². The fraction of sp³-hybridized carbons (Fsp3) is 0.394. The molecular weight excluding hydrogens is 610 g/mol. The van der Waals surface area contributed by atoms with Crippen molar-refractivity contribution in [2.75, 3.05) is 32.7 Å². The number of likely N-dealkylation sites (tertiary alicyclic amines) is 2. The summed E-state index contributed by atoms with van der Waals surface area (Å²) in [5, 5.41) is 9.94. The average molecular weight is 644 g/mol. The number of aliphatic carboxylic acids is 1. The molecule has 3 atom stereocenters. The first-order valence-electron chi connectivity index (χ1n) is 15.5. The SMILES string of the molecule is O=C(O)[C@@H]1CCCCN1C(=O)N1CCc2cccc(O[C@H]3CCN(C(=O)c4cncs4)C3)c2C1CN1C(=O)c2ccccc2C1=O. The number of carbonyl (C=O) groups excluding carboxylic acids is 4. The summed E-state index contributed by atoms with van der Waals surface area (Å²) in [6, 6.07) is 10.1. The molecule has 12 nitrogen and oxygen atoms in total. The lowest BCUT2D eigenvalue weighted by Gasteiger charge is -2.44. The summed E-state index contributed by atoms with van der Waals surface area (Å²) in [6.45, 7) is 1.37. The smallest absolute Gasteiger partial charge is 0.326 e. The van der Waals surface area contributed by atoms with Gasteiger partial charge in [0.1, 0.15) is 22.8 Å². The highest BCUT2D eigenvalue weighted by molar-refractivity contribution is 7.11. The molecule has 13 heteroatoms. The summed E-state index contributed by atoms with van der Waals surface area (Å²) in [5.74, 6) is -1.51.